The van der Waals surface area contributed by atoms with Crippen molar-refractivity contribution in [2.24, 2.45) is 5.92 Å². The first-order chi connectivity index (χ1) is 7.44. The van der Waals surface area contributed by atoms with Crippen LogP contribution in [0.25, 0.3) is 0 Å². The fourth-order valence-electron chi connectivity index (χ4n) is 1.63. The summed E-state index contributed by atoms with van der Waals surface area (Å²) in [6.07, 6.45) is -0.0775. The molecule has 1 aliphatic heterocycles. The highest BCUT2D eigenvalue weighted by Crippen LogP contribution is 2.12. The third-order valence-corrected chi connectivity index (χ3v) is 3.67. The molecule has 0 aromatic carbocycles. The number of amides is 1. The Kier molecular flexibility index (Phi) is 4.51. The highest BCUT2D eigenvalue weighted by atomic mass is 32.2. The molecule has 0 bridgehead atoms. The molecular weight excluding hydrogens is 234 g/mol. The van der Waals surface area contributed by atoms with Gasteiger partial charge in [-0.2, -0.15) is 13.1 Å². The molecule has 1 aliphatic rings. The lowest BCUT2D eigenvalue weighted by Crippen LogP contribution is -2.46. The maximum absolute atomic E-state index is 11.4. The van der Waals surface area contributed by atoms with Gasteiger partial charge < -0.3 is 10.1 Å². The molecule has 1 heterocycles. The molecule has 0 spiro atoms. The minimum Gasteiger partial charge on any atom is -0.452 e. The summed E-state index contributed by atoms with van der Waals surface area (Å²) in [5.41, 5.74) is 0. The van der Waals surface area contributed by atoms with Crippen molar-refractivity contribution < 1.29 is 17.9 Å². The monoisotopic (exact) mass is 251 g/mol. The van der Waals surface area contributed by atoms with Gasteiger partial charge in [-0.25, -0.2) is 9.52 Å². The van der Waals surface area contributed by atoms with Gasteiger partial charge in [-0.3, -0.25) is 0 Å². The van der Waals surface area contributed by atoms with Gasteiger partial charge in [0.15, 0.2) is 0 Å². The summed E-state index contributed by atoms with van der Waals surface area (Å²) in [5.74, 6) is 0.245. The summed E-state index contributed by atoms with van der Waals surface area (Å²) < 4.78 is 31.2. The summed E-state index contributed by atoms with van der Waals surface area (Å²) in [5, 5.41) is 3.14. The number of hydrogen-bond acceptors (Lipinski definition) is 5. The quantitative estimate of drug-likeness (QED) is 0.606. The van der Waals surface area contributed by atoms with E-state index in [1.165, 1.54) is 0 Å². The van der Waals surface area contributed by atoms with Crippen molar-refractivity contribution in [2.75, 3.05) is 20.2 Å². The average molecular weight is 251 g/mol. The van der Waals surface area contributed by atoms with E-state index in [9.17, 15) is 13.2 Å². The number of carbonyl (C=O) groups is 1. The van der Waals surface area contributed by atoms with Gasteiger partial charge in [-0.05, 0) is 32.4 Å². The molecule has 1 saturated heterocycles. The first-order valence-corrected chi connectivity index (χ1v) is 6.51. The molecule has 0 saturated carbocycles. The fraction of sp³-hybridized carbons (Fsp3) is 0.875. The predicted octanol–water partition coefficient (Wildman–Crippen LogP) is -0.825. The van der Waals surface area contributed by atoms with Crippen LogP contribution in [0.2, 0.25) is 0 Å². The lowest BCUT2D eigenvalue weighted by atomic mass is 10.0. The van der Waals surface area contributed by atoms with Crippen LogP contribution in [0.5, 0.6) is 0 Å². The van der Waals surface area contributed by atoms with Gasteiger partial charge in [0.25, 0.3) is 0 Å². The Labute approximate surface area is 95.1 Å². The van der Waals surface area contributed by atoms with Gasteiger partial charge in [0.1, 0.15) is 0 Å². The van der Waals surface area contributed by atoms with Crippen molar-refractivity contribution in [3.05, 3.63) is 0 Å². The van der Waals surface area contributed by atoms with Gasteiger partial charge in [0.05, 0.1) is 7.11 Å². The van der Waals surface area contributed by atoms with E-state index in [1.54, 1.807) is 11.6 Å². The standard InChI is InChI=1S/C8H17N3O4S/c1-6(7-3-4-9-5-7)10-16(13,14)11-8(12)15-2/h6-7,9-10H,3-5H2,1-2H3,(H,11,12). The van der Waals surface area contributed by atoms with E-state index >= 15 is 0 Å². The van der Waals surface area contributed by atoms with Crippen molar-refractivity contribution in [3.8, 4) is 0 Å². The zero-order valence-electron chi connectivity index (χ0n) is 9.32. The van der Waals surface area contributed by atoms with Crippen LogP contribution in [0.15, 0.2) is 0 Å². The maximum Gasteiger partial charge on any atom is 0.421 e. The second-order valence-electron chi connectivity index (χ2n) is 3.76. The molecule has 0 radical (unpaired) electrons. The Morgan fingerprint density at radius 1 is 1.56 bits per heavy atom. The van der Waals surface area contributed by atoms with E-state index in [0.29, 0.717) is 0 Å². The summed E-state index contributed by atoms with van der Waals surface area (Å²) in [6.45, 7) is 3.44. The van der Waals surface area contributed by atoms with E-state index in [0.717, 1.165) is 26.6 Å². The van der Waals surface area contributed by atoms with Crippen molar-refractivity contribution >= 4 is 16.3 Å². The van der Waals surface area contributed by atoms with Crippen LogP contribution in [-0.2, 0) is 14.9 Å². The second kappa shape index (κ2) is 5.46. The minimum absolute atomic E-state index is 0.225. The molecule has 1 amide bonds. The molecule has 7 nitrogen and oxygen atoms in total. The molecule has 1 fully saturated rings. The van der Waals surface area contributed by atoms with E-state index in [4.69, 9.17) is 0 Å². The summed E-state index contributed by atoms with van der Waals surface area (Å²) in [6, 6.07) is -0.225. The van der Waals surface area contributed by atoms with E-state index < -0.39 is 16.3 Å². The van der Waals surface area contributed by atoms with Gasteiger partial charge >= 0.3 is 16.3 Å². The van der Waals surface area contributed by atoms with E-state index in [2.05, 4.69) is 14.8 Å². The average Bonchev–Trinajstić information content (AvgIpc) is 2.68. The van der Waals surface area contributed by atoms with E-state index in [1.807, 2.05) is 0 Å². The smallest absolute Gasteiger partial charge is 0.421 e. The molecule has 3 N–H and O–H groups in total. The highest BCUT2D eigenvalue weighted by molar-refractivity contribution is 7.88. The Morgan fingerprint density at radius 3 is 2.75 bits per heavy atom. The zero-order valence-corrected chi connectivity index (χ0v) is 10.1. The molecule has 94 valence electrons. The minimum atomic E-state index is -3.83. The molecule has 2 atom stereocenters. The molecule has 1 rings (SSSR count). The largest absolute Gasteiger partial charge is 0.452 e. The number of rotatable bonds is 4. The molecule has 16 heavy (non-hydrogen) atoms. The Balaban J connectivity index is 2.48. The topological polar surface area (TPSA) is 96.5 Å². The van der Waals surface area contributed by atoms with Crippen LogP contribution < -0.4 is 14.8 Å². The molecule has 0 aliphatic carbocycles. The number of carbonyl (C=O) groups excluding carboxylic acids is 1. The summed E-state index contributed by atoms with van der Waals surface area (Å²) >= 11 is 0. The van der Waals surface area contributed by atoms with Crippen LogP contribution in [0.4, 0.5) is 4.79 Å². The van der Waals surface area contributed by atoms with Crippen LogP contribution in [0.1, 0.15) is 13.3 Å². The van der Waals surface area contributed by atoms with Crippen LogP contribution >= 0.6 is 0 Å². The Bertz CT molecular complexity index is 337. The second-order valence-corrected chi connectivity index (χ2v) is 5.20. The first kappa shape index (κ1) is 13.2. The third-order valence-electron chi connectivity index (χ3n) is 2.55. The van der Waals surface area contributed by atoms with Gasteiger partial charge in [-0.1, -0.05) is 0 Å². The number of hydrogen-bond donors (Lipinski definition) is 3. The Morgan fingerprint density at radius 2 is 2.25 bits per heavy atom. The third kappa shape index (κ3) is 3.95. The number of methoxy groups -OCH3 is 1. The zero-order chi connectivity index (χ0) is 12.2. The highest BCUT2D eigenvalue weighted by Gasteiger charge is 2.25. The van der Waals surface area contributed by atoms with Crippen molar-refractivity contribution in [1.82, 2.24) is 14.8 Å². The molecule has 0 aromatic rings. The van der Waals surface area contributed by atoms with Crippen molar-refractivity contribution in [1.29, 1.82) is 0 Å². The predicted molar refractivity (Wildman–Crippen MR) is 58.0 cm³/mol. The maximum atomic E-state index is 11.4. The molecule has 0 aromatic heterocycles. The number of ether oxygens (including phenoxy) is 1. The first-order valence-electron chi connectivity index (χ1n) is 5.03. The van der Waals surface area contributed by atoms with Crippen molar-refractivity contribution in [3.63, 3.8) is 0 Å². The van der Waals surface area contributed by atoms with Crippen LogP contribution in [-0.4, -0.2) is 40.8 Å². The SMILES string of the molecule is COC(=O)NS(=O)(=O)NC(C)C1CCNC1. The van der Waals surface area contributed by atoms with E-state index in [-0.39, 0.29) is 12.0 Å². The molecule has 2 unspecified atom stereocenters. The van der Waals surface area contributed by atoms with Gasteiger partial charge in [0.2, 0.25) is 0 Å². The molecular formula is C8H17N3O4S. The van der Waals surface area contributed by atoms with Crippen molar-refractivity contribution in [2.45, 2.75) is 19.4 Å². The van der Waals surface area contributed by atoms with Crippen LogP contribution in [0.3, 0.4) is 0 Å². The lowest BCUT2D eigenvalue weighted by molar-refractivity contribution is 0.177. The Hall–Kier alpha value is -0.860. The van der Waals surface area contributed by atoms with Crippen LogP contribution in [0, 0.1) is 5.92 Å². The fourth-order valence-corrected chi connectivity index (χ4v) is 2.67. The lowest BCUT2D eigenvalue weighted by Gasteiger charge is -2.19. The molecule has 8 heteroatoms. The number of nitrogens with one attached hydrogen (secondary N) is 3. The van der Waals surface area contributed by atoms with Gasteiger partial charge in [0, 0.05) is 6.04 Å². The normalized spacial score (nSPS) is 22.8. The summed E-state index contributed by atoms with van der Waals surface area (Å²) in [7, 11) is -2.73. The summed E-state index contributed by atoms with van der Waals surface area (Å²) in [4.78, 5) is 10.8. The van der Waals surface area contributed by atoms with Gasteiger partial charge in [-0.15, -0.1) is 0 Å².